The van der Waals surface area contributed by atoms with Gasteiger partial charge in [-0.2, -0.15) is 0 Å². The van der Waals surface area contributed by atoms with Gasteiger partial charge in [-0.1, -0.05) is 30.3 Å². The van der Waals surface area contributed by atoms with Crippen molar-refractivity contribution in [3.8, 4) is 11.5 Å². The van der Waals surface area contributed by atoms with Crippen LogP contribution in [0.1, 0.15) is 11.4 Å². The van der Waals surface area contributed by atoms with Crippen molar-refractivity contribution < 1.29 is 9.47 Å². The van der Waals surface area contributed by atoms with Crippen molar-refractivity contribution >= 4 is 11.6 Å². The van der Waals surface area contributed by atoms with Crippen molar-refractivity contribution in [3.63, 3.8) is 0 Å². The number of nitrogens with zero attached hydrogens (tertiary/aromatic N) is 2. The van der Waals surface area contributed by atoms with Gasteiger partial charge >= 0.3 is 0 Å². The molecule has 6 heteroatoms. The van der Waals surface area contributed by atoms with Crippen LogP contribution in [0.15, 0.2) is 60.7 Å². The Morgan fingerprint density at radius 3 is 2.22 bits per heavy atom. The number of hydrogen-bond acceptors (Lipinski definition) is 6. The molecule has 0 fully saturated rings. The normalized spacial score (nSPS) is 10.3. The van der Waals surface area contributed by atoms with E-state index in [1.165, 1.54) is 5.56 Å². The van der Waals surface area contributed by atoms with Gasteiger partial charge in [0.2, 0.25) is 0 Å². The van der Waals surface area contributed by atoms with Crippen molar-refractivity contribution in [2.45, 2.75) is 13.5 Å². The SMILES string of the molecule is COc1ccc(OCCNc2cc(NCc3ccccc3)nc(C)n2)cc1. The van der Waals surface area contributed by atoms with E-state index in [1.807, 2.05) is 55.5 Å². The molecular weight excluding hydrogens is 340 g/mol. The van der Waals surface area contributed by atoms with Crippen molar-refractivity contribution in [2.24, 2.45) is 0 Å². The molecule has 3 rings (SSSR count). The van der Waals surface area contributed by atoms with Gasteiger partial charge in [0.25, 0.3) is 0 Å². The van der Waals surface area contributed by atoms with E-state index in [-0.39, 0.29) is 0 Å². The molecule has 1 heterocycles. The van der Waals surface area contributed by atoms with Crippen LogP contribution >= 0.6 is 0 Å². The van der Waals surface area contributed by atoms with Gasteiger partial charge < -0.3 is 20.1 Å². The third-order valence-electron chi connectivity index (χ3n) is 3.89. The van der Waals surface area contributed by atoms with E-state index in [4.69, 9.17) is 9.47 Å². The van der Waals surface area contributed by atoms with E-state index >= 15 is 0 Å². The zero-order chi connectivity index (χ0) is 18.9. The largest absolute Gasteiger partial charge is 0.497 e. The number of rotatable bonds is 9. The lowest BCUT2D eigenvalue weighted by Gasteiger charge is -2.11. The molecule has 1 aromatic heterocycles. The van der Waals surface area contributed by atoms with E-state index in [0.29, 0.717) is 19.0 Å². The number of aryl methyl sites for hydroxylation is 1. The Kier molecular flexibility index (Phi) is 6.46. The smallest absolute Gasteiger partial charge is 0.132 e. The minimum absolute atomic E-state index is 0.530. The summed E-state index contributed by atoms with van der Waals surface area (Å²) >= 11 is 0. The maximum absolute atomic E-state index is 5.72. The molecule has 0 saturated heterocycles. The third-order valence-corrected chi connectivity index (χ3v) is 3.89. The van der Waals surface area contributed by atoms with Gasteiger partial charge in [0.1, 0.15) is 35.6 Å². The van der Waals surface area contributed by atoms with Gasteiger partial charge in [-0.3, -0.25) is 0 Å². The number of hydrogen-bond donors (Lipinski definition) is 2. The number of aromatic nitrogens is 2. The first-order chi connectivity index (χ1) is 13.2. The van der Waals surface area contributed by atoms with E-state index in [9.17, 15) is 0 Å². The van der Waals surface area contributed by atoms with Crippen molar-refractivity contribution in [1.29, 1.82) is 0 Å². The van der Waals surface area contributed by atoms with Gasteiger partial charge in [0.15, 0.2) is 0 Å². The predicted octanol–water partition coefficient (Wildman–Crippen LogP) is 3.90. The third kappa shape index (κ3) is 5.88. The Morgan fingerprint density at radius 1 is 0.852 bits per heavy atom. The average Bonchev–Trinajstić information content (AvgIpc) is 2.70. The lowest BCUT2D eigenvalue weighted by atomic mass is 10.2. The summed E-state index contributed by atoms with van der Waals surface area (Å²) < 4.78 is 10.9. The molecule has 0 spiro atoms. The summed E-state index contributed by atoms with van der Waals surface area (Å²) in [4.78, 5) is 8.86. The predicted molar refractivity (Wildman–Crippen MR) is 108 cm³/mol. The standard InChI is InChI=1S/C21H24N4O2/c1-16-24-20(14-21(25-16)23-15-17-6-4-3-5-7-17)22-12-13-27-19-10-8-18(26-2)9-11-19/h3-11,14H,12-13,15H2,1-2H3,(H2,22,23,24,25). The summed E-state index contributed by atoms with van der Waals surface area (Å²) in [5.41, 5.74) is 1.20. The van der Waals surface area contributed by atoms with Crippen molar-refractivity contribution in [3.05, 3.63) is 72.1 Å². The molecule has 0 unspecified atom stereocenters. The molecule has 0 aliphatic carbocycles. The van der Waals surface area contributed by atoms with Crippen molar-refractivity contribution in [2.75, 3.05) is 30.9 Å². The summed E-state index contributed by atoms with van der Waals surface area (Å²) in [6, 6.07) is 19.7. The van der Waals surface area contributed by atoms with Gasteiger partial charge in [-0.15, -0.1) is 0 Å². The van der Waals surface area contributed by atoms with E-state index in [1.54, 1.807) is 7.11 Å². The number of anilines is 2. The lowest BCUT2D eigenvalue weighted by Crippen LogP contribution is -2.13. The molecule has 0 aliphatic heterocycles. The zero-order valence-electron chi connectivity index (χ0n) is 15.6. The first kappa shape index (κ1) is 18.5. The van der Waals surface area contributed by atoms with E-state index in [2.05, 4.69) is 32.7 Å². The summed E-state index contributed by atoms with van der Waals surface area (Å²) in [6.07, 6.45) is 0. The molecule has 0 bridgehead atoms. The Bertz CT molecular complexity index is 839. The first-order valence-corrected chi connectivity index (χ1v) is 8.87. The van der Waals surface area contributed by atoms with Crippen LogP contribution in [0.3, 0.4) is 0 Å². The molecule has 0 amide bonds. The minimum Gasteiger partial charge on any atom is -0.497 e. The second-order valence-electron chi connectivity index (χ2n) is 5.98. The first-order valence-electron chi connectivity index (χ1n) is 8.87. The maximum atomic E-state index is 5.72. The van der Waals surface area contributed by atoms with Crippen LogP contribution in [-0.4, -0.2) is 30.2 Å². The average molecular weight is 364 g/mol. The highest BCUT2D eigenvalue weighted by atomic mass is 16.5. The molecule has 0 aliphatic rings. The van der Waals surface area contributed by atoms with E-state index < -0.39 is 0 Å². The Hall–Kier alpha value is -3.28. The molecule has 2 N–H and O–H groups in total. The number of benzene rings is 2. The zero-order valence-corrected chi connectivity index (χ0v) is 15.6. The quantitative estimate of drug-likeness (QED) is 0.561. The molecule has 6 nitrogen and oxygen atoms in total. The Balaban J connectivity index is 1.48. The van der Waals surface area contributed by atoms with Crippen LogP contribution in [-0.2, 0) is 6.54 Å². The second-order valence-corrected chi connectivity index (χ2v) is 5.98. The number of methoxy groups -OCH3 is 1. The lowest BCUT2D eigenvalue weighted by molar-refractivity contribution is 0.331. The topological polar surface area (TPSA) is 68.3 Å². The molecule has 0 atom stereocenters. The summed E-state index contributed by atoms with van der Waals surface area (Å²) in [6.45, 7) is 3.77. The molecule has 27 heavy (non-hydrogen) atoms. The molecule has 2 aromatic carbocycles. The Morgan fingerprint density at radius 2 is 1.52 bits per heavy atom. The minimum atomic E-state index is 0.530. The highest BCUT2D eigenvalue weighted by Crippen LogP contribution is 2.17. The summed E-state index contributed by atoms with van der Waals surface area (Å²) in [5.74, 6) is 3.90. The number of nitrogens with one attached hydrogen (secondary N) is 2. The molecular formula is C21H24N4O2. The monoisotopic (exact) mass is 364 g/mol. The van der Waals surface area contributed by atoms with Gasteiger partial charge in [0, 0.05) is 12.6 Å². The van der Waals surface area contributed by atoms with Crippen LogP contribution in [0.4, 0.5) is 11.6 Å². The van der Waals surface area contributed by atoms with Crippen LogP contribution in [0.25, 0.3) is 0 Å². The fraction of sp³-hybridized carbons (Fsp3) is 0.238. The van der Waals surface area contributed by atoms with E-state index in [0.717, 1.165) is 29.7 Å². The van der Waals surface area contributed by atoms with Crippen LogP contribution in [0, 0.1) is 6.92 Å². The molecule has 0 radical (unpaired) electrons. The highest BCUT2D eigenvalue weighted by Gasteiger charge is 2.02. The summed E-state index contributed by atoms with van der Waals surface area (Å²) in [7, 11) is 1.65. The van der Waals surface area contributed by atoms with Gasteiger partial charge in [0.05, 0.1) is 13.7 Å². The molecule has 140 valence electrons. The van der Waals surface area contributed by atoms with Crippen LogP contribution < -0.4 is 20.1 Å². The Labute approximate surface area is 159 Å². The van der Waals surface area contributed by atoms with Crippen LogP contribution in [0.5, 0.6) is 11.5 Å². The number of ether oxygens (including phenoxy) is 2. The maximum Gasteiger partial charge on any atom is 0.132 e. The fourth-order valence-corrected chi connectivity index (χ4v) is 2.56. The van der Waals surface area contributed by atoms with Gasteiger partial charge in [-0.25, -0.2) is 9.97 Å². The molecule has 0 saturated carbocycles. The van der Waals surface area contributed by atoms with Crippen molar-refractivity contribution in [1.82, 2.24) is 9.97 Å². The second kappa shape index (κ2) is 9.43. The molecule has 3 aromatic rings. The summed E-state index contributed by atoms with van der Waals surface area (Å²) in [5, 5.41) is 6.61. The van der Waals surface area contributed by atoms with Gasteiger partial charge in [-0.05, 0) is 36.8 Å². The highest BCUT2D eigenvalue weighted by molar-refractivity contribution is 5.47. The fourth-order valence-electron chi connectivity index (χ4n) is 2.56. The van der Waals surface area contributed by atoms with Crippen LogP contribution in [0.2, 0.25) is 0 Å².